The summed E-state index contributed by atoms with van der Waals surface area (Å²) in [5.74, 6) is -0.683. The maximum absolute atomic E-state index is 10.2. The molecule has 0 spiro atoms. The van der Waals surface area contributed by atoms with Crippen molar-refractivity contribution in [2.75, 3.05) is 7.11 Å². The predicted molar refractivity (Wildman–Crippen MR) is 52.4 cm³/mol. The summed E-state index contributed by atoms with van der Waals surface area (Å²) in [7, 11) is 1.45. The van der Waals surface area contributed by atoms with Gasteiger partial charge in [0.25, 0.3) is 0 Å². The van der Waals surface area contributed by atoms with Gasteiger partial charge in [-0.25, -0.2) is 4.79 Å². The fraction of sp³-hybridized carbons (Fsp3) is 0.100. The molecule has 0 bridgehead atoms. The van der Waals surface area contributed by atoms with Gasteiger partial charge >= 0.3 is 35.5 Å². The Bertz CT molecular complexity index is 379. The first-order chi connectivity index (χ1) is 6.63. The van der Waals surface area contributed by atoms with Crippen LogP contribution in [0.2, 0.25) is 0 Å². The van der Waals surface area contributed by atoms with Gasteiger partial charge in [-0.05, 0) is 23.8 Å². The third-order valence-electron chi connectivity index (χ3n) is 1.62. The van der Waals surface area contributed by atoms with Crippen molar-refractivity contribution in [2.45, 2.75) is 0 Å². The smallest absolute Gasteiger partial charge is 1.00 e. The van der Waals surface area contributed by atoms with Crippen molar-refractivity contribution in [3.63, 3.8) is 0 Å². The standard InChI is InChI=1S/C10H10O4.Na.H/c1-14-9-4-2-7(6-8(9)11)3-5-10(12)13;;/h2-6,11H,1H3,(H,12,13);;/q;+1;-1. The quantitative estimate of drug-likeness (QED) is 0.484. The Balaban J connectivity index is 0. The number of rotatable bonds is 3. The molecule has 0 saturated heterocycles. The molecule has 0 fully saturated rings. The molecule has 15 heavy (non-hydrogen) atoms. The molecule has 0 aromatic heterocycles. The average Bonchev–Trinajstić information content (AvgIpc) is 2.15. The van der Waals surface area contributed by atoms with Gasteiger partial charge in [0.2, 0.25) is 0 Å². The van der Waals surface area contributed by atoms with Crippen LogP contribution in [-0.4, -0.2) is 23.3 Å². The molecule has 0 aliphatic heterocycles. The normalized spacial score (nSPS) is 9.67. The predicted octanol–water partition coefficient (Wildman–Crippen LogP) is -1.38. The third-order valence-corrected chi connectivity index (χ3v) is 1.62. The van der Waals surface area contributed by atoms with Gasteiger partial charge in [-0.2, -0.15) is 0 Å². The van der Waals surface area contributed by atoms with E-state index in [4.69, 9.17) is 9.84 Å². The molecule has 0 aliphatic carbocycles. The number of ether oxygens (including phenoxy) is 1. The number of carbonyl (C=O) groups is 1. The van der Waals surface area contributed by atoms with Crippen molar-refractivity contribution in [3.8, 4) is 11.5 Å². The van der Waals surface area contributed by atoms with Gasteiger partial charge in [0.15, 0.2) is 11.5 Å². The van der Waals surface area contributed by atoms with Crippen LogP contribution in [0.1, 0.15) is 6.99 Å². The van der Waals surface area contributed by atoms with Gasteiger partial charge in [0, 0.05) is 6.08 Å². The monoisotopic (exact) mass is 218 g/mol. The summed E-state index contributed by atoms with van der Waals surface area (Å²) >= 11 is 0. The van der Waals surface area contributed by atoms with Crippen LogP contribution in [0.25, 0.3) is 6.08 Å². The van der Waals surface area contributed by atoms with Gasteiger partial charge in [-0.15, -0.1) is 0 Å². The SMILES string of the molecule is COc1ccc(C=CC(=O)O)cc1O.[H-].[Na+]. The summed E-state index contributed by atoms with van der Waals surface area (Å²) in [5.41, 5.74) is 0.603. The van der Waals surface area contributed by atoms with Crippen LogP contribution < -0.4 is 34.3 Å². The molecule has 1 aromatic carbocycles. The van der Waals surface area contributed by atoms with Crippen LogP contribution in [0, 0.1) is 0 Å². The van der Waals surface area contributed by atoms with E-state index in [0.29, 0.717) is 11.3 Å². The van der Waals surface area contributed by atoms with Crippen LogP contribution in [0.3, 0.4) is 0 Å². The molecule has 0 aliphatic rings. The average molecular weight is 218 g/mol. The maximum Gasteiger partial charge on any atom is 1.00 e. The van der Waals surface area contributed by atoms with Crippen molar-refractivity contribution in [3.05, 3.63) is 29.8 Å². The van der Waals surface area contributed by atoms with Crippen molar-refractivity contribution >= 4 is 12.0 Å². The molecule has 0 heterocycles. The van der Waals surface area contributed by atoms with E-state index in [9.17, 15) is 9.90 Å². The Kier molecular flexibility index (Phi) is 6.08. The Labute approximate surface area is 111 Å². The number of aliphatic carboxylic acids is 1. The van der Waals surface area contributed by atoms with Gasteiger partial charge < -0.3 is 16.4 Å². The number of hydrogen-bond donors (Lipinski definition) is 2. The van der Waals surface area contributed by atoms with E-state index in [-0.39, 0.29) is 36.7 Å². The summed E-state index contributed by atoms with van der Waals surface area (Å²) in [6, 6.07) is 4.65. The van der Waals surface area contributed by atoms with Crippen LogP contribution in [0.4, 0.5) is 0 Å². The van der Waals surface area contributed by atoms with Crippen LogP contribution >= 0.6 is 0 Å². The number of benzene rings is 1. The van der Waals surface area contributed by atoms with Crippen molar-refractivity contribution in [1.82, 2.24) is 0 Å². The van der Waals surface area contributed by atoms with E-state index < -0.39 is 5.97 Å². The Morgan fingerprint density at radius 2 is 2.20 bits per heavy atom. The minimum atomic E-state index is -1.03. The van der Waals surface area contributed by atoms with Gasteiger partial charge in [0.1, 0.15) is 0 Å². The van der Waals surface area contributed by atoms with Crippen molar-refractivity contribution in [1.29, 1.82) is 0 Å². The van der Waals surface area contributed by atoms with Gasteiger partial charge in [-0.1, -0.05) is 6.07 Å². The van der Waals surface area contributed by atoms with E-state index in [1.807, 2.05) is 0 Å². The molecule has 0 radical (unpaired) electrons. The van der Waals surface area contributed by atoms with E-state index in [0.717, 1.165) is 6.08 Å². The molecule has 1 rings (SSSR count). The minimum Gasteiger partial charge on any atom is -1.00 e. The molecule has 76 valence electrons. The van der Waals surface area contributed by atoms with Crippen LogP contribution in [0.15, 0.2) is 24.3 Å². The van der Waals surface area contributed by atoms with E-state index in [1.54, 1.807) is 12.1 Å². The molecule has 0 saturated carbocycles. The number of hydrogen-bond acceptors (Lipinski definition) is 3. The fourth-order valence-electron chi connectivity index (χ4n) is 0.978. The second-order valence-corrected chi connectivity index (χ2v) is 2.60. The van der Waals surface area contributed by atoms with Crippen LogP contribution in [-0.2, 0) is 4.79 Å². The topological polar surface area (TPSA) is 66.8 Å². The number of carboxylic acids is 1. The Morgan fingerprint density at radius 1 is 1.53 bits per heavy atom. The van der Waals surface area contributed by atoms with Gasteiger partial charge in [0.05, 0.1) is 7.11 Å². The van der Waals surface area contributed by atoms with Gasteiger partial charge in [-0.3, -0.25) is 0 Å². The molecular weight excluding hydrogens is 207 g/mol. The first-order valence-corrected chi connectivity index (χ1v) is 3.91. The zero-order chi connectivity index (χ0) is 10.6. The third kappa shape index (κ3) is 4.38. The summed E-state index contributed by atoms with van der Waals surface area (Å²) in [4.78, 5) is 10.2. The molecule has 5 heteroatoms. The summed E-state index contributed by atoms with van der Waals surface area (Å²) in [6.45, 7) is 0. The molecule has 0 atom stereocenters. The number of phenolic OH excluding ortho intramolecular Hbond substituents is 1. The zero-order valence-corrected chi connectivity index (χ0v) is 10.6. The first-order valence-electron chi connectivity index (χ1n) is 3.91. The molecule has 0 amide bonds. The Morgan fingerprint density at radius 3 is 2.67 bits per heavy atom. The Hall–Kier alpha value is -0.970. The van der Waals surface area contributed by atoms with E-state index >= 15 is 0 Å². The molecule has 4 nitrogen and oxygen atoms in total. The second kappa shape index (κ2) is 6.50. The van der Waals surface area contributed by atoms with E-state index in [1.165, 1.54) is 19.3 Å². The minimum absolute atomic E-state index is 0. The largest absolute Gasteiger partial charge is 1.00 e. The zero-order valence-electron chi connectivity index (χ0n) is 9.60. The number of aromatic hydroxyl groups is 1. The van der Waals surface area contributed by atoms with E-state index in [2.05, 4.69) is 0 Å². The fourth-order valence-corrected chi connectivity index (χ4v) is 0.978. The first kappa shape index (κ1) is 14.0. The number of methoxy groups -OCH3 is 1. The summed E-state index contributed by atoms with van der Waals surface area (Å²) < 4.78 is 4.84. The molecular formula is C10H11NaO4. The van der Waals surface area contributed by atoms with Crippen LogP contribution in [0.5, 0.6) is 11.5 Å². The molecule has 2 N–H and O–H groups in total. The molecule has 1 aromatic rings. The summed E-state index contributed by atoms with van der Waals surface area (Å²) in [5, 5.41) is 17.7. The van der Waals surface area contributed by atoms with Crippen molar-refractivity contribution in [2.24, 2.45) is 0 Å². The number of carboxylic acid groups (broad SMARTS) is 1. The molecule has 0 unspecified atom stereocenters. The summed E-state index contributed by atoms with van der Waals surface area (Å²) in [6.07, 6.45) is 2.39. The van der Waals surface area contributed by atoms with Crippen molar-refractivity contribution < 1.29 is 50.7 Å². The number of phenols is 1. The maximum atomic E-state index is 10.2. The second-order valence-electron chi connectivity index (χ2n) is 2.60.